The largest absolute Gasteiger partial charge is 0.294 e. The molecule has 0 spiro atoms. The van der Waals surface area contributed by atoms with E-state index in [0.29, 0.717) is 11.5 Å². The molecule has 1 aromatic carbocycles. The number of Topliss-reactive ketones (excluding diaryl/α,β-unsaturated/α-hetero) is 1. The quantitative estimate of drug-likeness (QED) is 0.683. The second kappa shape index (κ2) is 4.27. The summed E-state index contributed by atoms with van der Waals surface area (Å²) in [6, 6.07) is 10.2. The zero-order valence-corrected chi connectivity index (χ0v) is 10.8. The summed E-state index contributed by atoms with van der Waals surface area (Å²) >= 11 is 0. The Morgan fingerprint density at radius 3 is 2.90 bits per heavy atom. The highest BCUT2D eigenvalue weighted by molar-refractivity contribution is 6.05. The third-order valence-corrected chi connectivity index (χ3v) is 3.95. The summed E-state index contributed by atoms with van der Waals surface area (Å²) in [5, 5.41) is 4.20. The van der Waals surface area contributed by atoms with E-state index in [1.54, 1.807) is 29.3 Å². The summed E-state index contributed by atoms with van der Waals surface area (Å²) in [7, 11) is 0. The molecular formula is C16H13N3O. The van der Waals surface area contributed by atoms with Crippen molar-refractivity contribution in [2.75, 3.05) is 0 Å². The molecule has 1 aliphatic carbocycles. The van der Waals surface area contributed by atoms with Gasteiger partial charge in [-0.25, -0.2) is 4.52 Å². The van der Waals surface area contributed by atoms with Gasteiger partial charge in [0.15, 0.2) is 5.78 Å². The third-order valence-electron chi connectivity index (χ3n) is 3.95. The fourth-order valence-electron chi connectivity index (χ4n) is 2.78. The highest BCUT2D eigenvalue weighted by Crippen LogP contribution is 2.49. The third kappa shape index (κ3) is 1.72. The van der Waals surface area contributed by atoms with Crippen molar-refractivity contribution in [3.05, 3.63) is 66.2 Å². The molecule has 4 heteroatoms. The number of fused-ring (bicyclic) bond motifs is 1. The molecule has 20 heavy (non-hydrogen) atoms. The van der Waals surface area contributed by atoms with Crippen molar-refractivity contribution in [2.24, 2.45) is 5.92 Å². The van der Waals surface area contributed by atoms with Crippen LogP contribution in [0.4, 0.5) is 0 Å². The van der Waals surface area contributed by atoms with Crippen LogP contribution in [0.25, 0.3) is 5.52 Å². The molecule has 0 aliphatic heterocycles. The molecule has 0 N–H and O–H groups in total. The predicted molar refractivity (Wildman–Crippen MR) is 74.6 cm³/mol. The van der Waals surface area contributed by atoms with Crippen molar-refractivity contribution in [1.29, 1.82) is 0 Å². The molecule has 1 fully saturated rings. The van der Waals surface area contributed by atoms with Crippen LogP contribution < -0.4 is 0 Å². The first-order valence-corrected chi connectivity index (χ1v) is 6.71. The van der Waals surface area contributed by atoms with Crippen LogP contribution >= 0.6 is 0 Å². The molecular weight excluding hydrogens is 250 g/mol. The second-order valence-corrected chi connectivity index (χ2v) is 5.19. The van der Waals surface area contributed by atoms with Gasteiger partial charge in [-0.15, -0.1) is 0 Å². The zero-order chi connectivity index (χ0) is 13.5. The first-order chi connectivity index (χ1) is 9.84. The zero-order valence-electron chi connectivity index (χ0n) is 10.8. The molecule has 1 saturated carbocycles. The van der Waals surface area contributed by atoms with Crippen LogP contribution in [0.2, 0.25) is 0 Å². The van der Waals surface area contributed by atoms with Gasteiger partial charge in [-0.2, -0.15) is 5.10 Å². The van der Waals surface area contributed by atoms with Gasteiger partial charge in [-0.1, -0.05) is 30.3 Å². The van der Waals surface area contributed by atoms with E-state index in [1.807, 2.05) is 18.2 Å². The Balaban J connectivity index is 1.63. The Hall–Kier alpha value is -2.49. The second-order valence-electron chi connectivity index (χ2n) is 5.19. The smallest absolute Gasteiger partial charge is 0.170 e. The molecule has 2 heterocycles. The Morgan fingerprint density at radius 2 is 2.05 bits per heavy atom. The Bertz CT molecular complexity index is 779. The van der Waals surface area contributed by atoms with Crippen LogP contribution in [-0.2, 0) is 0 Å². The highest BCUT2D eigenvalue weighted by atomic mass is 16.1. The molecule has 1 aliphatic rings. The van der Waals surface area contributed by atoms with Crippen molar-refractivity contribution in [3.8, 4) is 0 Å². The van der Waals surface area contributed by atoms with Gasteiger partial charge >= 0.3 is 0 Å². The van der Waals surface area contributed by atoms with Crippen molar-refractivity contribution in [3.63, 3.8) is 0 Å². The Kier molecular flexibility index (Phi) is 2.42. The molecule has 2 atom stereocenters. The lowest BCUT2D eigenvalue weighted by molar-refractivity contribution is 0.0967. The summed E-state index contributed by atoms with van der Waals surface area (Å²) in [5.74, 6) is 0.628. The standard InChI is InChI=1S/C16H13N3O/c20-16(13-8-12(13)11-4-2-1-3-5-11)14-9-18-19-7-6-17-10-15(14)19/h1-7,9-10,12-13H,8H2. The average molecular weight is 263 g/mol. The number of rotatable bonds is 3. The molecule has 98 valence electrons. The summed E-state index contributed by atoms with van der Waals surface area (Å²) in [6.07, 6.45) is 7.70. The number of hydrogen-bond donors (Lipinski definition) is 0. The molecule has 0 bridgehead atoms. The molecule has 4 rings (SSSR count). The van der Waals surface area contributed by atoms with Crippen LogP contribution in [-0.4, -0.2) is 20.4 Å². The number of hydrogen-bond acceptors (Lipinski definition) is 3. The minimum absolute atomic E-state index is 0.0885. The first kappa shape index (κ1) is 11.3. The summed E-state index contributed by atoms with van der Waals surface area (Å²) in [5.41, 5.74) is 2.72. The normalized spacial score (nSPS) is 21.0. The number of ketones is 1. The lowest BCUT2D eigenvalue weighted by Crippen LogP contribution is -2.03. The lowest BCUT2D eigenvalue weighted by Gasteiger charge is -1.99. The van der Waals surface area contributed by atoms with Crippen molar-refractivity contribution < 1.29 is 4.79 Å². The molecule has 2 aromatic heterocycles. The van der Waals surface area contributed by atoms with Crippen LogP contribution in [0, 0.1) is 5.92 Å². The lowest BCUT2D eigenvalue weighted by atomic mass is 10.0. The number of benzene rings is 1. The molecule has 3 aromatic rings. The van der Waals surface area contributed by atoms with E-state index >= 15 is 0 Å². The molecule has 0 amide bonds. The average Bonchev–Trinajstić information content (AvgIpc) is 3.20. The fraction of sp³-hybridized carbons (Fsp3) is 0.188. The van der Waals surface area contributed by atoms with Gasteiger partial charge < -0.3 is 0 Å². The van der Waals surface area contributed by atoms with E-state index in [-0.39, 0.29) is 11.7 Å². The summed E-state index contributed by atoms with van der Waals surface area (Å²) in [4.78, 5) is 16.7. The van der Waals surface area contributed by atoms with Crippen LogP contribution in [0.3, 0.4) is 0 Å². The SMILES string of the molecule is O=C(c1cnn2ccncc12)C1CC1c1ccccc1. The summed E-state index contributed by atoms with van der Waals surface area (Å²) < 4.78 is 1.69. The van der Waals surface area contributed by atoms with E-state index in [0.717, 1.165) is 11.9 Å². The van der Waals surface area contributed by atoms with Gasteiger partial charge in [-0.3, -0.25) is 9.78 Å². The van der Waals surface area contributed by atoms with E-state index < -0.39 is 0 Å². The maximum absolute atomic E-state index is 12.6. The molecule has 4 nitrogen and oxygen atoms in total. The molecule has 0 radical (unpaired) electrons. The molecule has 0 saturated heterocycles. The minimum atomic E-state index is 0.0885. The van der Waals surface area contributed by atoms with Crippen molar-refractivity contribution in [2.45, 2.75) is 12.3 Å². The first-order valence-electron chi connectivity index (χ1n) is 6.71. The Morgan fingerprint density at radius 1 is 1.20 bits per heavy atom. The van der Waals surface area contributed by atoms with E-state index in [1.165, 1.54) is 5.56 Å². The van der Waals surface area contributed by atoms with Crippen LogP contribution in [0.1, 0.15) is 28.3 Å². The maximum atomic E-state index is 12.6. The number of carbonyl (C=O) groups is 1. The van der Waals surface area contributed by atoms with Crippen molar-refractivity contribution >= 4 is 11.3 Å². The highest BCUT2D eigenvalue weighted by Gasteiger charge is 2.44. The van der Waals surface area contributed by atoms with E-state index in [4.69, 9.17) is 0 Å². The predicted octanol–water partition coefficient (Wildman–Crippen LogP) is 2.72. The topological polar surface area (TPSA) is 47.3 Å². The van der Waals surface area contributed by atoms with Crippen LogP contribution in [0.5, 0.6) is 0 Å². The van der Waals surface area contributed by atoms with Gasteiger partial charge in [0.2, 0.25) is 0 Å². The number of aromatic nitrogens is 3. The Labute approximate surface area is 116 Å². The summed E-state index contributed by atoms with van der Waals surface area (Å²) in [6.45, 7) is 0. The number of carbonyl (C=O) groups excluding carboxylic acids is 1. The van der Waals surface area contributed by atoms with Crippen molar-refractivity contribution in [1.82, 2.24) is 14.6 Å². The van der Waals surface area contributed by atoms with Gasteiger partial charge in [0.25, 0.3) is 0 Å². The van der Waals surface area contributed by atoms with E-state index in [9.17, 15) is 4.79 Å². The fourth-order valence-corrected chi connectivity index (χ4v) is 2.78. The van der Waals surface area contributed by atoms with Gasteiger partial charge in [0.1, 0.15) is 0 Å². The van der Waals surface area contributed by atoms with Gasteiger partial charge in [0.05, 0.1) is 23.5 Å². The van der Waals surface area contributed by atoms with E-state index in [2.05, 4.69) is 22.2 Å². The van der Waals surface area contributed by atoms with Crippen LogP contribution in [0.15, 0.2) is 55.1 Å². The monoisotopic (exact) mass is 263 g/mol. The minimum Gasteiger partial charge on any atom is -0.294 e. The number of nitrogens with zero attached hydrogens (tertiary/aromatic N) is 3. The molecule has 2 unspecified atom stereocenters. The maximum Gasteiger partial charge on any atom is 0.170 e. The van der Waals surface area contributed by atoms with Gasteiger partial charge in [-0.05, 0) is 17.9 Å². The van der Waals surface area contributed by atoms with Gasteiger partial charge in [0, 0.05) is 18.3 Å².